The van der Waals surface area contributed by atoms with Gasteiger partial charge in [-0.15, -0.1) is 0 Å². The molecule has 0 saturated carbocycles. The fraction of sp³-hybridized carbons (Fsp3) is 0.125. The van der Waals surface area contributed by atoms with Crippen molar-refractivity contribution in [2.24, 2.45) is 0 Å². The van der Waals surface area contributed by atoms with Gasteiger partial charge in [0.15, 0.2) is 6.61 Å². The highest BCUT2D eigenvalue weighted by Gasteiger charge is 2.07. The molecule has 0 saturated heterocycles. The van der Waals surface area contributed by atoms with Crippen molar-refractivity contribution in [3.8, 4) is 17.0 Å². The van der Waals surface area contributed by atoms with Crippen LogP contribution in [0.25, 0.3) is 22.0 Å². The SMILES string of the molecule is O=C(COc1cccc2ccccc12)NCCn1cnc(-c2ccc(F)cc2)cc1=O. The second-order valence-electron chi connectivity index (χ2n) is 6.93. The normalized spacial score (nSPS) is 10.7. The van der Waals surface area contributed by atoms with Gasteiger partial charge in [-0.1, -0.05) is 36.4 Å². The molecule has 1 aromatic heterocycles. The van der Waals surface area contributed by atoms with Gasteiger partial charge < -0.3 is 10.1 Å². The molecule has 3 aromatic carbocycles. The number of aromatic nitrogens is 2. The molecule has 0 spiro atoms. The molecule has 1 amide bonds. The molecule has 4 aromatic rings. The maximum atomic E-state index is 13.0. The van der Waals surface area contributed by atoms with Crippen LogP contribution in [0.3, 0.4) is 0 Å². The zero-order valence-corrected chi connectivity index (χ0v) is 16.6. The van der Waals surface area contributed by atoms with Crippen molar-refractivity contribution in [1.82, 2.24) is 14.9 Å². The van der Waals surface area contributed by atoms with Gasteiger partial charge in [0.25, 0.3) is 11.5 Å². The van der Waals surface area contributed by atoms with Crippen LogP contribution in [0.15, 0.2) is 83.9 Å². The summed E-state index contributed by atoms with van der Waals surface area (Å²) in [4.78, 5) is 28.7. The Kier molecular flexibility index (Phi) is 6.03. The number of halogens is 1. The maximum absolute atomic E-state index is 13.0. The fourth-order valence-corrected chi connectivity index (χ4v) is 3.20. The van der Waals surface area contributed by atoms with Crippen LogP contribution in [0, 0.1) is 5.82 Å². The van der Waals surface area contributed by atoms with Crippen LogP contribution in [0.1, 0.15) is 0 Å². The molecule has 0 aliphatic carbocycles. The van der Waals surface area contributed by atoms with Gasteiger partial charge in [0.1, 0.15) is 11.6 Å². The van der Waals surface area contributed by atoms with Crippen molar-refractivity contribution in [2.45, 2.75) is 6.54 Å². The number of ether oxygens (including phenoxy) is 1. The molecule has 0 unspecified atom stereocenters. The molecule has 1 N–H and O–H groups in total. The third-order valence-electron chi connectivity index (χ3n) is 4.80. The highest BCUT2D eigenvalue weighted by atomic mass is 19.1. The Morgan fingerprint density at radius 1 is 1.03 bits per heavy atom. The summed E-state index contributed by atoms with van der Waals surface area (Å²) in [5.74, 6) is 0.0131. The third-order valence-corrected chi connectivity index (χ3v) is 4.80. The molecule has 7 heteroatoms. The summed E-state index contributed by atoms with van der Waals surface area (Å²) in [5, 5.41) is 4.72. The Balaban J connectivity index is 1.30. The number of carbonyl (C=O) groups is 1. The van der Waals surface area contributed by atoms with Gasteiger partial charge in [-0.3, -0.25) is 14.2 Å². The third kappa shape index (κ3) is 4.95. The first-order chi connectivity index (χ1) is 15.1. The number of nitrogens with zero attached hydrogens (tertiary/aromatic N) is 2. The van der Waals surface area contributed by atoms with Crippen molar-refractivity contribution in [3.05, 3.63) is 95.3 Å². The van der Waals surface area contributed by atoms with E-state index >= 15 is 0 Å². The van der Waals surface area contributed by atoms with Crippen LogP contribution in [0.5, 0.6) is 5.75 Å². The first kappa shape index (κ1) is 20.3. The topological polar surface area (TPSA) is 73.2 Å². The predicted octanol–water partition coefficient (Wildman–Crippen LogP) is 3.40. The first-order valence-corrected chi connectivity index (χ1v) is 9.80. The van der Waals surface area contributed by atoms with Gasteiger partial charge in [0.2, 0.25) is 0 Å². The highest BCUT2D eigenvalue weighted by Crippen LogP contribution is 2.24. The van der Waals surface area contributed by atoms with Crippen molar-refractivity contribution in [2.75, 3.05) is 13.2 Å². The van der Waals surface area contributed by atoms with Crippen molar-refractivity contribution < 1.29 is 13.9 Å². The quantitative estimate of drug-likeness (QED) is 0.500. The summed E-state index contributed by atoms with van der Waals surface area (Å²) < 4.78 is 20.1. The van der Waals surface area contributed by atoms with Crippen LogP contribution in [0.4, 0.5) is 4.39 Å². The van der Waals surface area contributed by atoms with Crippen LogP contribution >= 0.6 is 0 Å². The number of amides is 1. The Hall–Kier alpha value is -4.00. The van der Waals surface area contributed by atoms with E-state index in [1.54, 1.807) is 12.1 Å². The molecule has 0 aliphatic rings. The van der Waals surface area contributed by atoms with Crippen LogP contribution in [-0.2, 0) is 11.3 Å². The lowest BCUT2D eigenvalue weighted by Gasteiger charge is -2.10. The van der Waals surface area contributed by atoms with E-state index in [1.165, 1.54) is 29.1 Å². The van der Waals surface area contributed by atoms with Gasteiger partial charge in [-0.2, -0.15) is 0 Å². The van der Waals surface area contributed by atoms with Crippen molar-refractivity contribution in [3.63, 3.8) is 0 Å². The van der Waals surface area contributed by atoms with E-state index in [0.717, 1.165) is 10.8 Å². The number of carbonyl (C=O) groups excluding carboxylic acids is 1. The Bertz CT molecular complexity index is 1260. The highest BCUT2D eigenvalue weighted by molar-refractivity contribution is 5.88. The molecule has 31 heavy (non-hydrogen) atoms. The number of fused-ring (bicyclic) bond motifs is 1. The Morgan fingerprint density at radius 2 is 1.81 bits per heavy atom. The fourth-order valence-electron chi connectivity index (χ4n) is 3.20. The van der Waals surface area contributed by atoms with Gasteiger partial charge >= 0.3 is 0 Å². The summed E-state index contributed by atoms with van der Waals surface area (Å²) in [7, 11) is 0. The van der Waals surface area contributed by atoms with E-state index in [0.29, 0.717) is 17.0 Å². The molecular weight excluding hydrogens is 397 g/mol. The summed E-state index contributed by atoms with van der Waals surface area (Å²) in [6, 6.07) is 20.6. The molecule has 0 atom stereocenters. The average Bonchev–Trinajstić information content (AvgIpc) is 2.79. The maximum Gasteiger partial charge on any atom is 0.258 e. The predicted molar refractivity (Wildman–Crippen MR) is 116 cm³/mol. The molecule has 4 rings (SSSR count). The molecule has 0 fully saturated rings. The number of benzene rings is 3. The molecular formula is C24H20FN3O3. The van der Waals surface area contributed by atoms with E-state index in [4.69, 9.17) is 4.74 Å². The van der Waals surface area contributed by atoms with Crippen LogP contribution in [-0.4, -0.2) is 28.6 Å². The molecule has 6 nitrogen and oxygen atoms in total. The van der Waals surface area contributed by atoms with Gasteiger partial charge in [-0.25, -0.2) is 9.37 Å². The molecule has 1 heterocycles. The van der Waals surface area contributed by atoms with Crippen LogP contribution < -0.4 is 15.6 Å². The minimum atomic E-state index is -0.350. The lowest BCUT2D eigenvalue weighted by molar-refractivity contribution is -0.123. The minimum absolute atomic E-state index is 0.120. The zero-order chi connectivity index (χ0) is 21.6. The zero-order valence-electron chi connectivity index (χ0n) is 16.6. The summed E-state index contributed by atoms with van der Waals surface area (Å²) in [6.45, 7) is 0.412. The van der Waals surface area contributed by atoms with Crippen molar-refractivity contribution in [1.29, 1.82) is 0 Å². The molecule has 0 bridgehead atoms. The molecule has 0 aliphatic heterocycles. The average molecular weight is 417 g/mol. The Labute approximate surface area is 177 Å². The largest absolute Gasteiger partial charge is 0.483 e. The van der Waals surface area contributed by atoms with Gasteiger partial charge in [0.05, 0.1) is 12.0 Å². The Morgan fingerprint density at radius 3 is 2.61 bits per heavy atom. The smallest absolute Gasteiger partial charge is 0.258 e. The van der Waals surface area contributed by atoms with Crippen LogP contribution in [0.2, 0.25) is 0 Å². The van der Waals surface area contributed by atoms with Gasteiger partial charge in [-0.05, 0) is 35.7 Å². The first-order valence-electron chi connectivity index (χ1n) is 9.80. The minimum Gasteiger partial charge on any atom is -0.483 e. The lowest BCUT2D eigenvalue weighted by atomic mass is 10.1. The number of rotatable bonds is 7. The van der Waals surface area contributed by atoms with E-state index in [9.17, 15) is 14.0 Å². The number of hydrogen-bond donors (Lipinski definition) is 1. The number of nitrogens with one attached hydrogen (secondary N) is 1. The van der Waals surface area contributed by atoms with Gasteiger partial charge in [0, 0.05) is 30.1 Å². The van der Waals surface area contributed by atoms with E-state index in [2.05, 4.69) is 10.3 Å². The number of hydrogen-bond acceptors (Lipinski definition) is 4. The summed E-state index contributed by atoms with van der Waals surface area (Å²) >= 11 is 0. The van der Waals surface area contributed by atoms with E-state index in [1.807, 2.05) is 42.5 Å². The summed E-state index contributed by atoms with van der Waals surface area (Å²) in [6.07, 6.45) is 1.42. The standard InChI is InChI=1S/C24H20FN3O3/c25-19-10-8-18(9-11-19)21-14-24(30)28(16-27-21)13-12-26-23(29)15-31-22-7-3-5-17-4-1-2-6-20(17)22/h1-11,14,16H,12-13,15H2,(H,26,29). The molecule has 0 radical (unpaired) electrons. The van der Waals surface area contributed by atoms with E-state index < -0.39 is 0 Å². The monoisotopic (exact) mass is 417 g/mol. The van der Waals surface area contributed by atoms with E-state index in [-0.39, 0.29) is 37.0 Å². The second kappa shape index (κ2) is 9.21. The second-order valence-corrected chi connectivity index (χ2v) is 6.93. The lowest BCUT2D eigenvalue weighted by Crippen LogP contribution is -2.33. The van der Waals surface area contributed by atoms with Crippen molar-refractivity contribution >= 4 is 16.7 Å². The summed E-state index contributed by atoms with van der Waals surface area (Å²) in [5.41, 5.74) is 0.869. The molecule has 156 valence electrons.